The monoisotopic (exact) mass is 320 g/mol. The highest BCUT2D eigenvalue weighted by atomic mass is 32.2. The molecule has 124 valence electrons. The molecule has 1 fully saturated rings. The molecule has 1 unspecified atom stereocenters. The van der Waals surface area contributed by atoms with E-state index in [-0.39, 0.29) is 17.5 Å². The number of rotatable bonds is 7. The van der Waals surface area contributed by atoms with Crippen LogP contribution in [0.3, 0.4) is 0 Å². The summed E-state index contributed by atoms with van der Waals surface area (Å²) in [4.78, 5) is 14.1. The van der Waals surface area contributed by atoms with Crippen LogP contribution in [0.4, 0.5) is 0 Å². The zero-order valence-corrected chi connectivity index (χ0v) is 14.2. The van der Waals surface area contributed by atoms with Crippen molar-refractivity contribution in [3.8, 4) is 0 Å². The van der Waals surface area contributed by atoms with Crippen LogP contribution in [-0.4, -0.2) is 69.6 Å². The fourth-order valence-electron chi connectivity index (χ4n) is 2.48. The molecule has 1 heterocycles. The van der Waals surface area contributed by atoms with E-state index < -0.39 is 15.4 Å². The van der Waals surface area contributed by atoms with Gasteiger partial charge in [-0.15, -0.1) is 0 Å². The molecule has 0 aliphatic carbocycles. The second-order valence-corrected chi connectivity index (χ2v) is 8.15. The summed E-state index contributed by atoms with van der Waals surface area (Å²) in [7, 11) is -1.49. The van der Waals surface area contributed by atoms with Gasteiger partial charge < -0.3 is 15.0 Å². The highest BCUT2D eigenvalue weighted by molar-refractivity contribution is 7.91. The second kappa shape index (κ2) is 8.10. The zero-order valence-electron chi connectivity index (χ0n) is 13.4. The molecule has 0 aromatic carbocycles. The lowest BCUT2D eigenvalue weighted by molar-refractivity contribution is -0.148. The summed E-state index contributed by atoms with van der Waals surface area (Å²) in [6.45, 7) is 6.66. The highest BCUT2D eigenvalue weighted by Crippen LogP contribution is 2.15. The van der Waals surface area contributed by atoms with E-state index in [0.717, 1.165) is 19.5 Å². The third-order valence-electron chi connectivity index (χ3n) is 3.98. The number of nitrogens with one attached hydrogen (secondary N) is 1. The quantitative estimate of drug-likeness (QED) is 0.686. The molecule has 1 aliphatic heterocycles. The molecule has 1 N–H and O–H groups in total. The van der Waals surface area contributed by atoms with E-state index in [0.29, 0.717) is 25.9 Å². The predicted octanol–water partition coefficient (Wildman–Crippen LogP) is 0.428. The van der Waals surface area contributed by atoms with Crippen molar-refractivity contribution in [2.45, 2.75) is 38.6 Å². The van der Waals surface area contributed by atoms with Crippen molar-refractivity contribution < 1.29 is 17.9 Å². The minimum atomic E-state index is -2.89. The maximum Gasteiger partial charge on any atom is 0.325 e. The molecule has 6 nitrogen and oxygen atoms in total. The van der Waals surface area contributed by atoms with Gasteiger partial charge in [0, 0.05) is 13.1 Å². The van der Waals surface area contributed by atoms with Gasteiger partial charge >= 0.3 is 5.97 Å². The Morgan fingerprint density at radius 1 is 1.33 bits per heavy atom. The first-order valence-corrected chi connectivity index (χ1v) is 9.41. The fourth-order valence-corrected chi connectivity index (χ4v) is 3.79. The minimum absolute atomic E-state index is 0.213. The van der Waals surface area contributed by atoms with Crippen LogP contribution in [0.1, 0.15) is 33.1 Å². The number of carbonyl (C=O) groups is 1. The molecular formula is C14H28N2O4S. The Labute approximate surface area is 128 Å². The summed E-state index contributed by atoms with van der Waals surface area (Å²) in [6, 6.07) is 0. The largest absolute Gasteiger partial charge is 0.468 e. The van der Waals surface area contributed by atoms with Crippen LogP contribution in [0.2, 0.25) is 0 Å². The van der Waals surface area contributed by atoms with E-state index in [1.165, 1.54) is 7.11 Å². The molecule has 0 aromatic heterocycles. The standard InChI is InChI=1S/C14H28N2O4S/c1-4-7-15-14(2,13(17)20-3)6-9-16-8-5-11-21(18,19)12-10-16/h15H,4-12H2,1-3H3. The zero-order chi connectivity index (χ0) is 15.9. The molecule has 1 aliphatic rings. The maximum atomic E-state index is 12.0. The average molecular weight is 320 g/mol. The molecule has 0 bridgehead atoms. The number of esters is 1. The summed E-state index contributed by atoms with van der Waals surface area (Å²) >= 11 is 0. The first-order valence-electron chi connectivity index (χ1n) is 7.59. The molecule has 0 aromatic rings. The van der Waals surface area contributed by atoms with Gasteiger partial charge in [-0.2, -0.15) is 0 Å². The van der Waals surface area contributed by atoms with Crippen molar-refractivity contribution in [2.24, 2.45) is 0 Å². The minimum Gasteiger partial charge on any atom is -0.468 e. The molecule has 1 rings (SSSR count). The number of hydrogen-bond acceptors (Lipinski definition) is 6. The summed E-state index contributed by atoms with van der Waals surface area (Å²) in [5.41, 5.74) is -0.712. The molecular weight excluding hydrogens is 292 g/mol. The van der Waals surface area contributed by atoms with E-state index in [2.05, 4.69) is 10.2 Å². The SMILES string of the molecule is CCCNC(C)(CCN1CCCS(=O)(=O)CC1)C(=O)OC. The molecule has 0 amide bonds. The van der Waals surface area contributed by atoms with Crippen LogP contribution in [0.15, 0.2) is 0 Å². The van der Waals surface area contributed by atoms with Gasteiger partial charge in [0.25, 0.3) is 0 Å². The van der Waals surface area contributed by atoms with Gasteiger partial charge in [-0.1, -0.05) is 6.92 Å². The van der Waals surface area contributed by atoms with Crippen molar-refractivity contribution in [3.63, 3.8) is 0 Å². The summed E-state index contributed by atoms with van der Waals surface area (Å²) < 4.78 is 28.1. The fraction of sp³-hybridized carbons (Fsp3) is 0.929. The Hall–Kier alpha value is -0.660. The molecule has 0 radical (unpaired) electrons. The van der Waals surface area contributed by atoms with Crippen LogP contribution < -0.4 is 5.32 Å². The third kappa shape index (κ3) is 5.92. The average Bonchev–Trinajstić information content (AvgIpc) is 2.63. The summed E-state index contributed by atoms with van der Waals surface area (Å²) in [5.74, 6) is 0.217. The molecule has 21 heavy (non-hydrogen) atoms. The van der Waals surface area contributed by atoms with E-state index >= 15 is 0 Å². The van der Waals surface area contributed by atoms with Gasteiger partial charge in [-0.05, 0) is 39.3 Å². The number of nitrogens with zero attached hydrogens (tertiary/aromatic N) is 1. The van der Waals surface area contributed by atoms with Gasteiger partial charge in [0.1, 0.15) is 5.54 Å². The van der Waals surface area contributed by atoms with Crippen LogP contribution in [-0.2, 0) is 19.4 Å². The van der Waals surface area contributed by atoms with Gasteiger partial charge in [-0.25, -0.2) is 8.42 Å². The number of methoxy groups -OCH3 is 1. The maximum absolute atomic E-state index is 12.0. The summed E-state index contributed by atoms with van der Waals surface area (Å²) in [6.07, 6.45) is 2.22. The van der Waals surface area contributed by atoms with Gasteiger partial charge in [-0.3, -0.25) is 4.79 Å². The first-order chi connectivity index (χ1) is 9.83. The predicted molar refractivity (Wildman–Crippen MR) is 83.0 cm³/mol. The Kier molecular flexibility index (Phi) is 7.09. The van der Waals surface area contributed by atoms with Crippen molar-refractivity contribution >= 4 is 15.8 Å². The van der Waals surface area contributed by atoms with Gasteiger partial charge in [0.15, 0.2) is 9.84 Å². The Morgan fingerprint density at radius 2 is 2.05 bits per heavy atom. The van der Waals surface area contributed by atoms with E-state index in [1.807, 2.05) is 13.8 Å². The Morgan fingerprint density at radius 3 is 2.67 bits per heavy atom. The van der Waals surface area contributed by atoms with E-state index in [9.17, 15) is 13.2 Å². The van der Waals surface area contributed by atoms with Crippen LogP contribution in [0.5, 0.6) is 0 Å². The Bertz CT molecular complexity index is 438. The molecule has 0 spiro atoms. The van der Waals surface area contributed by atoms with Crippen molar-refractivity contribution in [1.82, 2.24) is 10.2 Å². The Balaban J connectivity index is 2.58. The van der Waals surface area contributed by atoms with E-state index in [1.54, 1.807) is 0 Å². The number of ether oxygens (including phenoxy) is 1. The van der Waals surface area contributed by atoms with Crippen LogP contribution in [0.25, 0.3) is 0 Å². The number of carbonyl (C=O) groups excluding carboxylic acids is 1. The number of hydrogen-bond donors (Lipinski definition) is 1. The second-order valence-electron chi connectivity index (χ2n) is 5.85. The first kappa shape index (κ1) is 18.4. The summed E-state index contributed by atoms with van der Waals surface area (Å²) in [5, 5.41) is 3.25. The lowest BCUT2D eigenvalue weighted by Crippen LogP contribution is -2.52. The third-order valence-corrected chi connectivity index (χ3v) is 5.69. The lowest BCUT2D eigenvalue weighted by atomic mass is 9.97. The molecule has 7 heteroatoms. The molecule has 1 saturated heterocycles. The molecule has 1 atom stereocenters. The van der Waals surface area contributed by atoms with Crippen LogP contribution >= 0.6 is 0 Å². The topological polar surface area (TPSA) is 75.7 Å². The lowest BCUT2D eigenvalue weighted by Gasteiger charge is -2.30. The van der Waals surface area contributed by atoms with Crippen LogP contribution in [0, 0.1) is 0 Å². The van der Waals surface area contributed by atoms with Gasteiger partial charge in [0.2, 0.25) is 0 Å². The normalized spacial score (nSPS) is 22.2. The van der Waals surface area contributed by atoms with Crippen molar-refractivity contribution in [2.75, 3.05) is 44.8 Å². The smallest absolute Gasteiger partial charge is 0.325 e. The van der Waals surface area contributed by atoms with Crippen molar-refractivity contribution in [3.05, 3.63) is 0 Å². The van der Waals surface area contributed by atoms with E-state index in [4.69, 9.17) is 4.74 Å². The van der Waals surface area contributed by atoms with Crippen molar-refractivity contribution in [1.29, 1.82) is 0 Å². The van der Waals surface area contributed by atoms with Gasteiger partial charge in [0.05, 0.1) is 18.6 Å². The highest BCUT2D eigenvalue weighted by Gasteiger charge is 2.34. The molecule has 0 saturated carbocycles. The number of sulfone groups is 1.